The summed E-state index contributed by atoms with van der Waals surface area (Å²) in [5, 5.41) is 0.546. The lowest BCUT2D eigenvalue weighted by atomic mass is 10.2. The predicted molar refractivity (Wildman–Crippen MR) is 99.7 cm³/mol. The molecule has 0 spiro atoms. The zero-order valence-corrected chi connectivity index (χ0v) is 16.5. The van der Waals surface area contributed by atoms with Crippen LogP contribution in [-0.2, 0) is 14.8 Å². The average Bonchev–Trinajstić information content (AvgIpc) is 2.65. The molecule has 0 saturated carbocycles. The molecule has 8 nitrogen and oxygen atoms in total. The number of carbonyl (C=O) groups is 1. The molecule has 0 heterocycles. The van der Waals surface area contributed by atoms with Crippen LogP contribution < -0.4 is 24.5 Å². The number of amides is 1. The minimum absolute atomic E-state index is 0.102. The minimum atomic E-state index is -4.09. The summed E-state index contributed by atoms with van der Waals surface area (Å²) < 4.78 is 40.3. The number of hydrogen-bond acceptors (Lipinski definition) is 6. The number of aryl methyl sites for hydroxylation is 1. The SMILES string of the molecule is COc1ccc(OC)c(S(=O)(=O)NNC(=O)COc2ccc(Cl)cc2C)c1. The molecule has 0 aromatic heterocycles. The summed E-state index contributed by atoms with van der Waals surface area (Å²) in [6.07, 6.45) is 0. The maximum Gasteiger partial charge on any atom is 0.272 e. The normalized spacial score (nSPS) is 11.0. The van der Waals surface area contributed by atoms with Crippen LogP contribution in [0.1, 0.15) is 5.56 Å². The molecular formula is C17H19ClN2O6S. The third kappa shape index (κ3) is 5.49. The zero-order chi connectivity index (χ0) is 20.0. The van der Waals surface area contributed by atoms with Gasteiger partial charge in [-0.2, -0.15) is 0 Å². The number of ether oxygens (including phenoxy) is 3. The molecule has 0 atom stereocenters. The Bertz CT molecular complexity index is 933. The van der Waals surface area contributed by atoms with Crippen molar-refractivity contribution in [3.05, 3.63) is 47.0 Å². The van der Waals surface area contributed by atoms with Gasteiger partial charge in [-0.1, -0.05) is 11.6 Å². The summed E-state index contributed by atoms with van der Waals surface area (Å²) in [5.41, 5.74) is 2.83. The Kier molecular flexibility index (Phi) is 6.89. The van der Waals surface area contributed by atoms with E-state index in [1.54, 1.807) is 31.2 Å². The van der Waals surface area contributed by atoms with Crippen LogP contribution in [0.15, 0.2) is 41.3 Å². The van der Waals surface area contributed by atoms with E-state index in [1.165, 1.54) is 26.4 Å². The van der Waals surface area contributed by atoms with Crippen LogP contribution >= 0.6 is 11.6 Å². The van der Waals surface area contributed by atoms with Crippen molar-refractivity contribution in [2.75, 3.05) is 20.8 Å². The Hall–Kier alpha value is -2.49. The van der Waals surface area contributed by atoms with Gasteiger partial charge in [-0.15, -0.1) is 4.83 Å². The third-order valence-corrected chi connectivity index (χ3v) is 4.98. The van der Waals surface area contributed by atoms with Crippen LogP contribution in [-0.4, -0.2) is 35.2 Å². The van der Waals surface area contributed by atoms with Gasteiger partial charge in [-0.05, 0) is 42.8 Å². The van der Waals surface area contributed by atoms with E-state index in [4.69, 9.17) is 25.8 Å². The number of hydrogen-bond donors (Lipinski definition) is 2. The van der Waals surface area contributed by atoms with Gasteiger partial charge in [0.1, 0.15) is 22.1 Å². The molecule has 27 heavy (non-hydrogen) atoms. The first-order valence-electron chi connectivity index (χ1n) is 7.68. The Morgan fingerprint density at radius 2 is 1.78 bits per heavy atom. The number of nitrogens with one attached hydrogen (secondary N) is 2. The van der Waals surface area contributed by atoms with Crippen LogP contribution in [0.2, 0.25) is 5.02 Å². The van der Waals surface area contributed by atoms with Crippen LogP contribution in [0, 0.1) is 6.92 Å². The van der Waals surface area contributed by atoms with E-state index < -0.39 is 15.9 Å². The van der Waals surface area contributed by atoms with Gasteiger partial charge in [0.2, 0.25) is 0 Å². The van der Waals surface area contributed by atoms with Crippen molar-refractivity contribution < 1.29 is 27.4 Å². The molecule has 0 fully saturated rings. The molecular weight excluding hydrogens is 396 g/mol. The quantitative estimate of drug-likeness (QED) is 0.641. The number of rotatable bonds is 8. The van der Waals surface area contributed by atoms with Crippen LogP contribution in [0.3, 0.4) is 0 Å². The highest BCUT2D eigenvalue weighted by Crippen LogP contribution is 2.27. The fourth-order valence-corrected chi connectivity index (χ4v) is 3.40. The standard InChI is InChI=1S/C17H19ClN2O6S/c1-11-8-12(18)4-6-14(11)26-10-17(21)19-20-27(22,23)16-9-13(24-2)5-7-15(16)25-3/h4-9,20H,10H2,1-3H3,(H,19,21). The Morgan fingerprint density at radius 1 is 1.07 bits per heavy atom. The Labute approximate surface area is 162 Å². The third-order valence-electron chi connectivity index (χ3n) is 3.48. The van der Waals surface area contributed by atoms with Crippen LogP contribution in [0.4, 0.5) is 0 Å². The molecule has 0 bridgehead atoms. The molecule has 0 unspecified atom stereocenters. The number of halogens is 1. The maximum atomic E-state index is 12.4. The fraction of sp³-hybridized carbons (Fsp3) is 0.235. The van der Waals surface area contributed by atoms with Crippen LogP contribution in [0.25, 0.3) is 0 Å². The van der Waals surface area contributed by atoms with Gasteiger partial charge in [0, 0.05) is 11.1 Å². The Morgan fingerprint density at radius 3 is 2.41 bits per heavy atom. The zero-order valence-electron chi connectivity index (χ0n) is 14.9. The van der Waals surface area contributed by atoms with Crippen molar-refractivity contribution >= 4 is 27.5 Å². The summed E-state index contributed by atoms with van der Waals surface area (Å²) in [7, 11) is -1.35. The van der Waals surface area contributed by atoms with E-state index in [-0.39, 0.29) is 17.3 Å². The summed E-state index contributed by atoms with van der Waals surface area (Å²) in [5.74, 6) is 0.205. The summed E-state index contributed by atoms with van der Waals surface area (Å²) in [6, 6.07) is 9.21. The number of hydrazine groups is 1. The summed E-state index contributed by atoms with van der Waals surface area (Å²) in [6.45, 7) is 1.39. The van der Waals surface area contributed by atoms with Crippen molar-refractivity contribution in [2.45, 2.75) is 11.8 Å². The lowest BCUT2D eigenvalue weighted by molar-refractivity contribution is -0.123. The van der Waals surface area contributed by atoms with Crippen molar-refractivity contribution in [1.29, 1.82) is 0 Å². The highest BCUT2D eigenvalue weighted by Gasteiger charge is 2.21. The number of sulfonamides is 1. The van der Waals surface area contributed by atoms with Crippen molar-refractivity contribution in [3.8, 4) is 17.2 Å². The molecule has 2 aromatic carbocycles. The van der Waals surface area contributed by atoms with E-state index in [9.17, 15) is 13.2 Å². The number of methoxy groups -OCH3 is 2. The molecule has 0 aliphatic heterocycles. The van der Waals surface area contributed by atoms with E-state index >= 15 is 0 Å². The molecule has 146 valence electrons. The van der Waals surface area contributed by atoms with E-state index in [0.29, 0.717) is 16.5 Å². The van der Waals surface area contributed by atoms with E-state index in [0.717, 1.165) is 5.56 Å². The summed E-state index contributed by atoms with van der Waals surface area (Å²) in [4.78, 5) is 13.7. The molecule has 10 heteroatoms. The first-order valence-corrected chi connectivity index (χ1v) is 9.54. The average molecular weight is 415 g/mol. The second-order valence-electron chi connectivity index (χ2n) is 5.37. The van der Waals surface area contributed by atoms with Gasteiger partial charge < -0.3 is 14.2 Å². The van der Waals surface area contributed by atoms with E-state index in [2.05, 4.69) is 5.43 Å². The molecule has 2 rings (SSSR count). The second-order valence-corrected chi connectivity index (χ2v) is 7.46. The lowest BCUT2D eigenvalue weighted by Crippen LogP contribution is -2.43. The molecule has 2 N–H and O–H groups in total. The van der Waals surface area contributed by atoms with Gasteiger partial charge in [0.25, 0.3) is 15.9 Å². The van der Waals surface area contributed by atoms with Crippen LogP contribution in [0.5, 0.6) is 17.2 Å². The van der Waals surface area contributed by atoms with Gasteiger partial charge in [-0.3, -0.25) is 10.2 Å². The van der Waals surface area contributed by atoms with Gasteiger partial charge in [-0.25, -0.2) is 8.42 Å². The van der Waals surface area contributed by atoms with Gasteiger partial charge in [0.05, 0.1) is 14.2 Å². The van der Waals surface area contributed by atoms with Crippen molar-refractivity contribution in [2.24, 2.45) is 0 Å². The van der Waals surface area contributed by atoms with Crippen molar-refractivity contribution in [1.82, 2.24) is 10.3 Å². The highest BCUT2D eigenvalue weighted by molar-refractivity contribution is 7.89. The first-order chi connectivity index (χ1) is 12.8. The Balaban J connectivity index is 2.01. The highest BCUT2D eigenvalue weighted by atomic mass is 35.5. The molecule has 0 saturated heterocycles. The molecule has 0 aliphatic rings. The smallest absolute Gasteiger partial charge is 0.272 e. The van der Waals surface area contributed by atoms with Gasteiger partial charge >= 0.3 is 0 Å². The predicted octanol–water partition coefficient (Wildman–Crippen LogP) is 2.05. The number of benzene rings is 2. The van der Waals surface area contributed by atoms with Gasteiger partial charge in [0.15, 0.2) is 6.61 Å². The largest absolute Gasteiger partial charge is 0.497 e. The lowest BCUT2D eigenvalue weighted by Gasteiger charge is -2.13. The minimum Gasteiger partial charge on any atom is -0.497 e. The fourth-order valence-electron chi connectivity index (χ4n) is 2.13. The summed E-state index contributed by atoms with van der Waals surface area (Å²) >= 11 is 5.85. The molecule has 0 aliphatic carbocycles. The topological polar surface area (TPSA) is 103 Å². The van der Waals surface area contributed by atoms with E-state index in [1.807, 2.05) is 4.83 Å². The monoisotopic (exact) mass is 414 g/mol. The molecule has 1 amide bonds. The second kappa shape index (κ2) is 8.94. The molecule has 0 radical (unpaired) electrons. The van der Waals surface area contributed by atoms with Crippen molar-refractivity contribution in [3.63, 3.8) is 0 Å². The number of carbonyl (C=O) groups excluding carboxylic acids is 1. The maximum absolute atomic E-state index is 12.4. The first kappa shape index (κ1) is 20.8. The molecule has 2 aromatic rings.